The molecule has 0 radical (unpaired) electrons. The second kappa shape index (κ2) is 6.12. The van der Waals surface area contributed by atoms with Gasteiger partial charge in [0.1, 0.15) is 5.82 Å². The minimum absolute atomic E-state index is 0.233. The summed E-state index contributed by atoms with van der Waals surface area (Å²) >= 11 is 0. The van der Waals surface area contributed by atoms with Crippen molar-refractivity contribution >= 4 is 5.91 Å². The number of ether oxygens (including phenoxy) is 1. The molecule has 1 aromatic rings. The highest BCUT2D eigenvalue weighted by Crippen LogP contribution is 2.50. The largest absolute Gasteiger partial charge is 0.379 e. The van der Waals surface area contributed by atoms with Gasteiger partial charge in [0.25, 0.3) is 0 Å². The predicted molar refractivity (Wildman–Crippen MR) is 89.2 cm³/mol. The number of rotatable bonds is 3. The van der Waals surface area contributed by atoms with Crippen LogP contribution in [0.2, 0.25) is 0 Å². The predicted octanol–water partition coefficient (Wildman–Crippen LogP) is 2.04. The maximum Gasteiger partial charge on any atom is 0.233 e. The first-order valence-electron chi connectivity index (χ1n) is 8.97. The van der Waals surface area contributed by atoms with Crippen LogP contribution in [-0.2, 0) is 14.9 Å². The Hall–Kier alpha value is -1.46. The summed E-state index contributed by atoms with van der Waals surface area (Å²) in [5.41, 5.74) is 0.573. The SMILES string of the molecule is C[C@@H]1CN(C(=O)C2(c3ccc(F)cc3)CC2)C[C@@H]1N1CCOCC1. The summed E-state index contributed by atoms with van der Waals surface area (Å²) in [6.45, 7) is 7.37. The highest BCUT2D eigenvalue weighted by molar-refractivity contribution is 5.91. The van der Waals surface area contributed by atoms with E-state index in [1.165, 1.54) is 12.1 Å². The van der Waals surface area contributed by atoms with Crippen molar-refractivity contribution in [1.82, 2.24) is 9.80 Å². The fourth-order valence-electron chi connectivity index (χ4n) is 4.32. The maximum absolute atomic E-state index is 13.2. The lowest BCUT2D eigenvalue weighted by molar-refractivity contribution is -0.133. The van der Waals surface area contributed by atoms with Gasteiger partial charge in [-0.3, -0.25) is 9.69 Å². The summed E-state index contributed by atoms with van der Waals surface area (Å²) in [7, 11) is 0. The highest BCUT2D eigenvalue weighted by atomic mass is 19.1. The van der Waals surface area contributed by atoms with Crippen molar-refractivity contribution in [2.24, 2.45) is 5.92 Å². The Bertz CT molecular complexity index is 608. The van der Waals surface area contributed by atoms with Crippen LogP contribution in [0.25, 0.3) is 0 Å². The molecule has 4 nitrogen and oxygen atoms in total. The monoisotopic (exact) mass is 332 g/mol. The first kappa shape index (κ1) is 16.0. The van der Waals surface area contributed by atoms with Gasteiger partial charge in [-0.05, 0) is 36.5 Å². The molecule has 2 aliphatic heterocycles. The van der Waals surface area contributed by atoms with Crippen LogP contribution in [0, 0.1) is 11.7 Å². The van der Waals surface area contributed by atoms with E-state index >= 15 is 0 Å². The van der Waals surface area contributed by atoms with E-state index in [1.54, 1.807) is 12.1 Å². The molecule has 1 saturated carbocycles. The molecule has 5 heteroatoms. The van der Waals surface area contributed by atoms with Crippen molar-refractivity contribution in [2.45, 2.75) is 31.2 Å². The van der Waals surface area contributed by atoms with Crippen LogP contribution in [0.4, 0.5) is 4.39 Å². The van der Waals surface area contributed by atoms with Crippen LogP contribution in [0.3, 0.4) is 0 Å². The van der Waals surface area contributed by atoms with E-state index in [0.29, 0.717) is 12.0 Å². The summed E-state index contributed by atoms with van der Waals surface area (Å²) in [5, 5.41) is 0. The standard InChI is InChI=1S/C19H25FN2O2/c1-14-12-22(13-17(14)21-8-10-24-11-9-21)18(23)19(6-7-19)15-2-4-16(20)5-3-15/h2-5,14,17H,6-13H2,1H3/t14-,17+/m1/s1. The molecule has 2 saturated heterocycles. The molecule has 130 valence electrons. The first-order valence-corrected chi connectivity index (χ1v) is 8.97. The Morgan fingerprint density at radius 1 is 1.17 bits per heavy atom. The van der Waals surface area contributed by atoms with Gasteiger partial charge in [-0.2, -0.15) is 0 Å². The molecular weight excluding hydrogens is 307 g/mol. The Labute approximate surface area is 142 Å². The van der Waals surface area contributed by atoms with Crippen molar-refractivity contribution in [3.63, 3.8) is 0 Å². The van der Waals surface area contributed by atoms with Crippen LogP contribution < -0.4 is 0 Å². The number of carbonyl (C=O) groups excluding carboxylic acids is 1. The third-order valence-electron chi connectivity index (χ3n) is 5.93. The third kappa shape index (κ3) is 2.74. The maximum atomic E-state index is 13.2. The minimum atomic E-state index is -0.396. The number of likely N-dealkylation sites (tertiary alicyclic amines) is 1. The molecule has 1 aliphatic carbocycles. The van der Waals surface area contributed by atoms with E-state index in [0.717, 1.165) is 57.8 Å². The quantitative estimate of drug-likeness (QED) is 0.849. The van der Waals surface area contributed by atoms with Crippen LogP contribution in [0.1, 0.15) is 25.3 Å². The lowest BCUT2D eigenvalue weighted by Crippen LogP contribution is -2.47. The smallest absolute Gasteiger partial charge is 0.233 e. The zero-order chi connectivity index (χ0) is 16.7. The number of nitrogens with zero attached hydrogens (tertiary/aromatic N) is 2. The van der Waals surface area contributed by atoms with E-state index in [4.69, 9.17) is 4.74 Å². The molecule has 1 amide bonds. The lowest BCUT2D eigenvalue weighted by atomic mass is 9.94. The summed E-state index contributed by atoms with van der Waals surface area (Å²) in [5.74, 6) is 0.469. The highest BCUT2D eigenvalue weighted by Gasteiger charge is 2.54. The number of carbonyl (C=O) groups is 1. The Kier molecular flexibility index (Phi) is 4.09. The Morgan fingerprint density at radius 2 is 1.83 bits per heavy atom. The molecule has 0 spiro atoms. The van der Waals surface area contributed by atoms with Crippen molar-refractivity contribution in [1.29, 1.82) is 0 Å². The fraction of sp³-hybridized carbons (Fsp3) is 0.632. The summed E-state index contributed by atoms with van der Waals surface area (Å²) in [4.78, 5) is 17.7. The molecular formula is C19H25FN2O2. The molecule has 24 heavy (non-hydrogen) atoms. The normalized spacial score (nSPS) is 29.7. The second-order valence-electron chi connectivity index (χ2n) is 7.49. The van der Waals surface area contributed by atoms with Gasteiger partial charge in [-0.1, -0.05) is 19.1 Å². The Morgan fingerprint density at radius 3 is 2.46 bits per heavy atom. The van der Waals surface area contributed by atoms with Gasteiger partial charge in [-0.15, -0.1) is 0 Å². The van der Waals surface area contributed by atoms with Crippen molar-refractivity contribution in [2.75, 3.05) is 39.4 Å². The number of morpholine rings is 1. The molecule has 2 atom stereocenters. The zero-order valence-electron chi connectivity index (χ0n) is 14.2. The topological polar surface area (TPSA) is 32.8 Å². The van der Waals surface area contributed by atoms with Gasteiger partial charge in [0, 0.05) is 32.2 Å². The summed E-state index contributed by atoms with van der Waals surface area (Å²) in [6.07, 6.45) is 1.76. The molecule has 3 aliphatic rings. The van der Waals surface area contributed by atoms with Gasteiger partial charge in [0.05, 0.1) is 18.6 Å². The summed E-state index contributed by atoms with van der Waals surface area (Å²) in [6, 6.07) is 6.91. The molecule has 0 N–H and O–H groups in total. The number of halogens is 1. The molecule has 2 heterocycles. The van der Waals surface area contributed by atoms with Gasteiger partial charge in [0.15, 0.2) is 0 Å². The van der Waals surface area contributed by atoms with Crippen LogP contribution in [0.5, 0.6) is 0 Å². The lowest BCUT2D eigenvalue weighted by Gasteiger charge is -2.34. The zero-order valence-corrected chi connectivity index (χ0v) is 14.2. The summed E-state index contributed by atoms with van der Waals surface area (Å²) < 4.78 is 18.6. The first-order chi connectivity index (χ1) is 11.6. The molecule has 3 fully saturated rings. The number of hydrogen-bond acceptors (Lipinski definition) is 3. The molecule has 1 aromatic carbocycles. The van der Waals surface area contributed by atoms with Crippen LogP contribution >= 0.6 is 0 Å². The van der Waals surface area contributed by atoms with E-state index in [2.05, 4.69) is 11.8 Å². The van der Waals surface area contributed by atoms with E-state index in [-0.39, 0.29) is 11.7 Å². The molecule has 4 rings (SSSR count). The van der Waals surface area contributed by atoms with Crippen LogP contribution in [0.15, 0.2) is 24.3 Å². The van der Waals surface area contributed by atoms with E-state index in [1.807, 2.05) is 4.90 Å². The number of benzene rings is 1. The fourth-order valence-corrected chi connectivity index (χ4v) is 4.32. The number of hydrogen-bond donors (Lipinski definition) is 0. The average molecular weight is 332 g/mol. The van der Waals surface area contributed by atoms with Gasteiger partial charge in [0.2, 0.25) is 5.91 Å². The average Bonchev–Trinajstić information content (AvgIpc) is 3.32. The van der Waals surface area contributed by atoms with E-state index in [9.17, 15) is 9.18 Å². The number of amides is 1. The van der Waals surface area contributed by atoms with E-state index < -0.39 is 5.41 Å². The minimum Gasteiger partial charge on any atom is -0.379 e. The molecule has 0 unspecified atom stereocenters. The Balaban J connectivity index is 1.48. The molecule has 0 bridgehead atoms. The van der Waals surface area contributed by atoms with Crippen molar-refractivity contribution < 1.29 is 13.9 Å². The van der Waals surface area contributed by atoms with Crippen LogP contribution in [-0.4, -0.2) is 61.1 Å². The molecule has 0 aromatic heterocycles. The second-order valence-corrected chi connectivity index (χ2v) is 7.49. The van der Waals surface area contributed by atoms with Gasteiger partial charge < -0.3 is 9.64 Å². The van der Waals surface area contributed by atoms with Crippen molar-refractivity contribution in [3.05, 3.63) is 35.6 Å². The van der Waals surface area contributed by atoms with Gasteiger partial charge >= 0.3 is 0 Å². The van der Waals surface area contributed by atoms with Crippen molar-refractivity contribution in [3.8, 4) is 0 Å². The van der Waals surface area contributed by atoms with Gasteiger partial charge in [-0.25, -0.2) is 4.39 Å². The third-order valence-corrected chi connectivity index (χ3v) is 5.93.